The molecule has 13 heavy (non-hydrogen) atoms. The van der Waals surface area contributed by atoms with Crippen LogP contribution in [-0.2, 0) is 0 Å². The Morgan fingerprint density at radius 2 is 2.08 bits per heavy atom. The Morgan fingerprint density at radius 1 is 1.46 bits per heavy atom. The third kappa shape index (κ3) is 2.58. The van der Waals surface area contributed by atoms with E-state index in [1.54, 1.807) is 6.20 Å². The van der Waals surface area contributed by atoms with Gasteiger partial charge in [-0.3, -0.25) is 0 Å². The van der Waals surface area contributed by atoms with Gasteiger partial charge in [-0.1, -0.05) is 0 Å². The average molecular weight is 301 g/mol. The summed E-state index contributed by atoms with van der Waals surface area (Å²) in [4.78, 5) is 14.0. The molecule has 1 aromatic rings. The van der Waals surface area contributed by atoms with E-state index in [-0.39, 0.29) is 0 Å². The summed E-state index contributed by atoms with van der Waals surface area (Å²) < 4.78 is 1.18. The van der Waals surface area contributed by atoms with E-state index in [9.17, 15) is 0 Å². The SMILES string of the molecule is [C-]#[N+]c1c[c]([Sn]([CH3])([CH3])[CH3])c(Cl)cn1. The third-order valence-corrected chi connectivity index (χ3v) is 8.31. The zero-order chi connectivity index (χ0) is 10.1. The summed E-state index contributed by atoms with van der Waals surface area (Å²) in [7, 11) is 0. The van der Waals surface area contributed by atoms with Gasteiger partial charge in [0.1, 0.15) is 0 Å². The molecule has 0 atom stereocenters. The maximum atomic E-state index is 6.86. The molecule has 1 heterocycles. The van der Waals surface area contributed by atoms with Crippen molar-refractivity contribution < 1.29 is 0 Å². The van der Waals surface area contributed by atoms with Crippen molar-refractivity contribution in [3.05, 3.63) is 28.7 Å². The van der Waals surface area contributed by atoms with E-state index in [4.69, 9.17) is 18.2 Å². The predicted octanol–water partition coefficient (Wildman–Crippen LogP) is 2.83. The van der Waals surface area contributed by atoms with Crippen LogP contribution in [-0.4, -0.2) is 23.4 Å². The number of aromatic nitrogens is 1. The quantitative estimate of drug-likeness (QED) is 0.576. The Kier molecular flexibility index (Phi) is 3.20. The molecular weight excluding hydrogens is 290 g/mol. The number of hydrogen-bond acceptors (Lipinski definition) is 1. The van der Waals surface area contributed by atoms with Crippen molar-refractivity contribution in [2.24, 2.45) is 0 Å². The van der Waals surface area contributed by atoms with Crippen molar-refractivity contribution in [3.8, 4) is 0 Å². The molecule has 4 heteroatoms. The third-order valence-electron chi connectivity index (χ3n) is 1.76. The van der Waals surface area contributed by atoms with Gasteiger partial charge in [0.25, 0.3) is 0 Å². The first-order valence-electron chi connectivity index (χ1n) is 3.98. The van der Waals surface area contributed by atoms with Crippen molar-refractivity contribution in [2.45, 2.75) is 14.8 Å². The summed E-state index contributed by atoms with van der Waals surface area (Å²) in [6.07, 6.45) is 1.59. The van der Waals surface area contributed by atoms with E-state index in [0.29, 0.717) is 5.82 Å². The van der Waals surface area contributed by atoms with Gasteiger partial charge in [-0.15, -0.1) is 0 Å². The van der Waals surface area contributed by atoms with E-state index in [2.05, 4.69) is 24.6 Å². The van der Waals surface area contributed by atoms with E-state index in [1.807, 2.05) is 6.07 Å². The van der Waals surface area contributed by atoms with Crippen molar-refractivity contribution >= 4 is 39.4 Å². The van der Waals surface area contributed by atoms with Crippen LogP contribution in [0.25, 0.3) is 4.85 Å². The molecule has 0 amide bonds. The molecule has 0 saturated heterocycles. The fraction of sp³-hybridized carbons (Fsp3) is 0.333. The first kappa shape index (κ1) is 10.8. The van der Waals surface area contributed by atoms with Gasteiger partial charge in [0.15, 0.2) is 0 Å². The number of rotatable bonds is 1. The standard InChI is InChI=1S/C6H2ClN2.3CH3.Sn/c1-8-6-3-2-5(7)4-9-6;;;;/h3-4H;3*1H3;. The fourth-order valence-corrected chi connectivity index (χ4v) is 6.90. The number of pyridine rings is 1. The van der Waals surface area contributed by atoms with Gasteiger partial charge in [-0.2, -0.15) is 0 Å². The van der Waals surface area contributed by atoms with Crippen molar-refractivity contribution in [2.75, 3.05) is 0 Å². The number of nitrogens with zero attached hydrogens (tertiary/aromatic N) is 2. The van der Waals surface area contributed by atoms with Gasteiger partial charge in [-0.25, -0.2) is 0 Å². The fourth-order valence-electron chi connectivity index (χ4n) is 1.06. The Labute approximate surface area is 87.6 Å². The van der Waals surface area contributed by atoms with Crippen LogP contribution in [0.4, 0.5) is 5.82 Å². The molecule has 68 valence electrons. The molecule has 2 nitrogen and oxygen atoms in total. The first-order chi connectivity index (χ1) is 5.95. The van der Waals surface area contributed by atoms with Gasteiger partial charge in [0.2, 0.25) is 0 Å². The van der Waals surface area contributed by atoms with E-state index >= 15 is 0 Å². The van der Waals surface area contributed by atoms with Crippen molar-refractivity contribution in [1.29, 1.82) is 0 Å². The van der Waals surface area contributed by atoms with Crippen LogP contribution in [0, 0.1) is 6.57 Å². The van der Waals surface area contributed by atoms with E-state index < -0.39 is 18.4 Å². The van der Waals surface area contributed by atoms with Gasteiger partial charge in [-0.05, 0) is 0 Å². The molecule has 0 aliphatic carbocycles. The zero-order valence-corrected chi connectivity index (χ0v) is 11.5. The second-order valence-corrected chi connectivity index (χ2v) is 18.7. The van der Waals surface area contributed by atoms with Gasteiger partial charge >= 0.3 is 87.9 Å². The first-order valence-corrected chi connectivity index (χ1v) is 14.4. The summed E-state index contributed by atoms with van der Waals surface area (Å²) in [5.74, 6) is 0.450. The second-order valence-electron chi connectivity index (χ2n) is 3.88. The molecule has 0 N–H and O–H groups in total. The average Bonchev–Trinajstić information content (AvgIpc) is 2.03. The van der Waals surface area contributed by atoms with Gasteiger partial charge in [0.05, 0.1) is 0 Å². The van der Waals surface area contributed by atoms with Gasteiger partial charge in [0, 0.05) is 0 Å². The Balaban J connectivity index is 3.29. The molecule has 0 aliphatic heterocycles. The van der Waals surface area contributed by atoms with Crippen LogP contribution >= 0.6 is 11.6 Å². The number of hydrogen-bond donors (Lipinski definition) is 0. The molecule has 0 fully saturated rings. The minimum atomic E-state index is -2.16. The number of halogens is 1. The summed E-state index contributed by atoms with van der Waals surface area (Å²) >= 11 is 3.87. The van der Waals surface area contributed by atoms with E-state index in [1.165, 1.54) is 3.58 Å². The molecular formula is C9H11ClN2Sn. The van der Waals surface area contributed by atoms with Crippen LogP contribution in [0.3, 0.4) is 0 Å². The molecule has 1 aromatic heterocycles. The van der Waals surface area contributed by atoms with Gasteiger partial charge < -0.3 is 0 Å². The van der Waals surface area contributed by atoms with Crippen molar-refractivity contribution in [3.63, 3.8) is 0 Å². The molecule has 0 bridgehead atoms. The summed E-state index contributed by atoms with van der Waals surface area (Å²) in [6, 6.07) is 1.84. The molecule has 0 aliphatic rings. The van der Waals surface area contributed by atoms with Crippen LogP contribution in [0.1, 0.15) is 0 Å². The predicted molar refractivity (Wildman–Crippen MR) is 58.5 cm³/mol. The Bertz CT molecular complexity index is 363. The second kappa shape index (κ2) is 3.85. The topological polar surface area (TPSA) is 17.2 Å². The maximum absolute atomic E-state index is 6.86. The summed E-state index contributed by atoms with van der Waals surface area (Å²) in [5, 5.41) is 0.718. The molecule has 1 rings (SSSR count). The molecule has 0 unspecified atom stereocenters. The van der Waals surface area contributed by atoms with Crippen molar-refractivity contribution in [1.82, 2.24) is 4.98 Å². The minimum absolute atomic E-state index is 0.450. The van der Waals surface area contributed by atoms with Crippen LogP contribution in [0.15, 0.2) is 12.3 Å². The summed E-state index contributed by atoms with van der Waals surface area (Å²) in [5.41, 5.74) is 0. The summed E-state index contributed by atoms with van der Waals surface area (Å²) in [6.45, 7) is 6.86. The zero-order valence-electron chi connectivity index (χ0n) is 7.93. The Morgan fingerprint density at radius 3 is 2.54 bits per heavy atom. The molecule has 0 saturated carbocycles. The van der Waals surface area contributed by atoms with Crippen LogP contribution < -0.4 is 3.58 Å². The molecule has 0 spiro atoms. The van der Waals surface area contributed by atoms with Crippen LogP contribution in [0.2, 0.25) is 19.8 Å². The Hall–Kier alpha value is -0.271. The molecule has 0 radical (unpaired) electrons. The monoisotopic (exact) mass is 302 g/mol. The van der Waals surface area contributed by atoms with Crippen LogP contribution in [0.5, 0.6) is 0 Å². The van der Waals surface area contributed by atoms with E-state index in [0.717, 1.165) is 5.02 Å². The normalized spacial score (nSPS) is 11.0. The molecule has 0 aromatic carbocycles.